The Balaban J connectivity index is 2.69. The molecule has 1 aromatic rings. The maximum atomic E-state index is 12.2. The van der Waals surface area contributed by atoms with E-state index in [1.807, 2.05) is 0 Å². The predicted octanol–water partition coefficient (Wildman–Crippen LogP) is 0.767. The highest BCUT2D eigenvalue weighted by Crippen LogP contribution is 2.00. The molecule has 0 bridgehead atoms. The Morgan fingerprint density at radius 1 is 1.50 bits per heavy atom. The van der Waals surface area contributed by atoms with E-state index in [-0.39, 0.29) is 5.82 Å². The Labute approximate surface area is 58.3 Å². The number of hydrogen-bond donors (Lipinski definition) is 2. The second kappa shape index (κ2) is 3.12. The minimum absolute atomic E-state index is 0.332. The third kappa shape index (κ3) is 1.66. The van der Waals surface area contributed by atoms with Crippen LogP contribution in [-0.4, -0.2) is 12.0 Å². The summed E-state index contributed by atoms with van der Waals surface area (Å²) < 4.78 is 12.2. The Bertz CT molecular complexity index is 197. The molecule has 0 aromatic carbocycles. The molecule has 1 aromatic heterocycles. The number of hydrogen-bond acceptors (Lipinski definition) is 3. The van der Waals surface area contributed by atoms with Gasteiger partial charge in [-0.3, -0.25) is 0 Å². The first-order valence-corrected chi connectivity index (χ1v) is 2.87. The molecule has 0 spiro atoms. The molecule has 1 rings (SSSR count). The van der Waals surface area contributed by atoms with Crippen molar-refractivity contribution in [3.63, 3.8) is 0 Å². The van der Waals surface area contributed by atoms with Gasteiger partial charge in [0.25, 0.3) is 0 Å². The van der Waals surface area contributed by atoms with Crippen LogP contribution in [0.4, 0.5) is 10.2 Å². The van der Waals surface area contributed by atoms with Crippen LogP contribution in [-0.2, 0) is 0 Å². The summed E-state index contributed by atoms with van der Waals surface area (Å²) in [6.45, 7) is 0. The molecular weight excluding hydrogens is 133 g/mol. The van der Waals surface area contributed by atoms with Crippen LogP contribution in [0.3, 0.4) is 0 Å². The largest absolute Gasteiger partial charge is 0.306 e. The monoisotopic (exact) mass is 141 g/mol. The maximum Gasteiger partial charge on any atom is 0.141 e. The van der Waals surface area contributed by atoms with Crippen LogP contribution in [0.1, 0.15) is 0 Å². The summed E-state index contributed by atoms with van der Waals surface area (Å²) in [4.78, 5) is 3.72. The molecule has 0 amide bonds. The van der Waals surface area contributed by atoms with Gasteiger partial charge in [0, 0.05) is 7.05 Å². The molecule has 0 saturated carbocycles. The van der Waals surface area contributed by atoms with E-state index in [0.717, 1.165) is 6.20 Å². The van der Waals surface area contributed by atoms with Gasteiger partial charge >= 0.3 is 0 Å². The van der Waals surface area contributed by atoms with Gasteiger partial charge in [-0.25, -0.2) is 14.8 Å². The predicted molar refractivity (Wildman–Crippen MR) is 36.9 cm³/mol. The number of nitrogens with one attached hydrogen (secondary N) is 2. The number of aromatic nitrogens is 1. The maximum absolute atomic E-state index is 12.2. The van der Waals surface area contributed by atoms with E-state index in [9.17, 15) is 4.39 Å². The first-order valence-electron chi connectivity index (χ1n) is 2.87. The van der Waals surface area contributed by atoms with Crippen LogP contribution < -0.4 is 10.9 Å². The Morgan fingerprint density at radius 2 is 2.30 bits per heavy atom. The quantitative estimate of drug-likeness (QED) is 0.597. The van der Waals surface area contributed by atoms with Crippen LogP contribution >= 0.6 is 0 Å². The van der Waals surface area contributed by atoms with Gasteiger partial charge in [-0.15, -0.1) is 0 Å². The van der Waals surface area contributed by atoms with E-state index in [1.165, 1.54) is 6.07 Å². The zero-order valence-corrected chi connectivity index (χ0v) is 5.56. The van der Waals surface area contributed by atoms with E-state index >= 15 is 0 Å². The average molecular weight is 141 g/mol. The highest BCUT2D eigenvalue weighted by atomic mass is 19.1. The fourth-order valence-electron chi connectivity index (χ4n) is 0.578. The zero-order valence-electron chi connectivity index (χ0n) is 5.56. The molecule has 3 nitrogen and oxygen atoms in total. The number of rotatable bonds is 2. The van der Waals surface area contributed by atoms with Crippen molar-refractivity contribution >= 4 is 5.82 Å². The minimum atomic E-state index is -0.332. The van der Waals surface area contributed by atoms with E-state index in [4.69, 9.17) is 0 Å². The van der Waals surface area contributed by atoms with Crippen molar-refractivity contribution in [3.05, 3.63) is 24.1 Å². The summed E-state index contributed by atoms with van der Waals surface area (Å²) in [5.74, 6) is 0.269. The third-order valence-electron chi connectivity index (χ3n) is 0.980. The topological polar surface area (TPSA) is 37.0 Å². The molecule has 4 heteroatoms. The van der Waals surface area contributed by atoms with Crippen LogP contribution in [0.25, 0.3) is 0 Å². The van der Waals surface area contributed by atoms with Gasteiger partial charge in [-0.2, -0.15) is 0 Å². The lowest BCUT2D eigenvalue weighted by atomic mass is 10.4. The number of halogens is 1. The molecule has 0 radical (unpaired) electrons. The van der Waals surface area contributed by atoms with Gasteiger partial charge in [0.15, 0.2) is 0 Å². The first kappa shape index (κ1) is 6.95. The minimum Gasteiger partial charge on any atom is -0.306 e. The van der Waals surface area contributed by atoms with Crippen molar-refractivity contribution in [1.82, 2.24) is 10.4 Å². The number of anilines is 1. The van der Waals surface area contributed by atoms with Crippen molar-refractivity contribution in [2.45, 2.75) is 0 Å². The van der Waals surface area contributed by atoms with Crippen molar-refractivity contribution in [3.8, 4) is 0 Å². The second-order valence-corrected chi connectivity index (χ2v) is 1.74. The van der Waals surface area contributed by atoms with Crippen LogP contribution in [0.5, 0.6) is 0 Å². The van der Waals surface area contributed by atoms with Gasteiger partial charge in [-0.1, -0.05) is 0 Å². The van der Waals surface area contributed by atoms with Crippen molar-refractivity contribution < 1.29 is 4.39 Å². The van der Waals surface area contributed by atoms with Gasteiger partial charge in [0.1, 0.15) is 11.6 Å². The average Bonchev–Trinajstić information content (AvgIpc) is 1.95. The Morgan fingerprint density at radius 3 is 2.80 bits per heavy atom. The van der Waals surface area contributed by atoms with Gasteiger partial charge < -0.3 is 5.43 Å². The molecule has 0 aliphatic carbocycles. The first-order chi connectivity index (χ1) is 4.83. The Hall–Kier alpha value is -1.16. The van der Waals surface area contributed by atoms with Crippen LogP contribution in [0.2, 0.25) is 0 Å². The lowest BCUT2D eigenvalue weighted by Crippen LogP contribution is -2.15. The van der Waals surface area contributed by atoms with Gasteiger partial charge in [-0.05, 0) is 12.1 Å². The molecule has 1 heterocycles. The molecule has 2 N–H and O–H groups in total. The zero-order chi connectivity index (χ0) is 7.40. The molecule has 0 fully saturated rings. The van der Waals surface area contributed by atoms with E-state index < -0.39 is 0 Å². The molecular formula is C6H8FN3. The SMILES string of the molecule is CNNc1ccc(F)cn1. The summed E-state index contributed by atoms with van der Waals surface area (Å²) >= 11 is 0. The third-order valence-corrected chi connectivity index (χ3v) is 0.980. The lowest BCUT2D eigenvalue weighted by Gasteiger charge is -2.00. The van der Waals surface area contributed by atoms with E-state index in [0.29, 0.717) is 5.82 Å². The molecule has 0 saturated heterocycles. The summed E-state index contributed by atoms with van der Waals surface area (Å²) in [7, 11) is 1.71. The molecule has 0 atom stereocenters. The fourth-order valence-corrected chi connectivity index (χ4v) is 0.578. The summed E-state index contributed by atoms with van der Waals surface area (Å²) in [5, 5.41) is 0. The Kier molecular flexibility index (Phi) is 2.17. The molecule has 0 aliphatic rings. The number of pyridine rings is 1. The fraction of sp³-hybridized carbons (Fsp3) is 0.167. The van der Waals surface area contributed by atoms with E-state index in [2.05, 4.69) is 15.8 Å². The summed E-state index contributed by atoms with van der Waals surface area (Å²) in [5.41, 5.74) is 5.38. The number of nitrogens with zero attached hydrogens (tertiary/aromatic N) is 1. The van der Waals surface area contributed by atoms with Crippen molar-refractivity contribution in [2.24, 2.45) is 0 Å². The van der Waals surface area contributed by atoms with Crippen molar-refractivity contribution in [1.29, 1.82) is 0 Å². The second-order valence-electron chi connectivity index (χ2n) is 1.74. The molecule has 10 heavy (non-hydrogen) atoms. The van der Waals surface area contributed by atoms with Gasteiger partial charge in [0.2, 0.25) is 0 Å². The smallest absolute Gasteiger partial charge is 0.141 e. The lowest BCUT2D eigenvalue weighted by molar-refractivity contribution is 0.621. The van der Waals surface area contributed by atoms with E-state index in [1.54, 1.807) is 13.1 Å². The van der Waals surface area contributed by atoms with Crippen molar-refractivity contribution in [2.75, 3.05) is 12.5 Å². The van der Waals surface area contributed by atoms with Crippen LogP contribution in [0, 0.1) is 5.82 Å². The normalized spacial score (nSPS) is 9.40. The molecule has 54 valence electrons. The summed E-state index contributed by atoms with van der Waals surface area (Å²) in [6, 6.07) is 2.89. The standard InChI is InChI=1S/C6H8FN3/c1-8-10-6-3-2-5(7)4-9-6/h2-4,8H,1H3,(H,9,10). The van der Waals surface area contributed by atoms with Crippen LogP contribution in [0.15, 0.2) is 18.3 Å². The molecule has 0 aliphatic heterocycles. The summed E-state index contributed by atoms with van der Waals surface area (Å²) in [6.07, 6.45) is 1.15. The van der Waals surface area contributed by atoms with Gasteiger partial charge in [0.05, 0.1) is 6.20 Å². The highest BCUT2D eigenvalue weighted by Gasteiger charge is 1.90. The molecule has 0 unspecified atom stereocenters. The number of hydrazine groups is 1. The highest BCUT2D eigenvalue weighted by molar-refractivity contribution is 5.31.